The van der Waals surface area contributed by atoms with Crippen molar-refractivity contribution < 1.29 is 28.2 Å². The maximum atomic E-state index is 14.3. The van der Waals surface area contributed by atoms with Gasteiger partial charge in [0.15, 0.2) is 17.4 Å². The van der Waals surface area contributed by atoms with E-state index in [1.54, 1.807) is 18.3 Å². The van der Waals surface area contributed by atoms with E-state index in [0.717, 1.165) is 25.0 Å². The van der Waals surface area contributed by atoms with Gasteiger partial charge in [-0.3, -0.25) is 4.79 Å². The zero-order valence-corrected chi connectivity index (χ0v) is 14.1. The summed E-state index contributed by atoms with van der Waals surface area (Å²) in [5, 5.41) is 8.57. The van der Waals surface area contributed by atoms with E-state index in [2.05, 4.69) is 4.98 Å². The third-order valence-electron chi connectivity index (χ3n) is 4.01. The highest BCUT2D eigenvalue weighted by Gasteiger charge is 2.23. The fraction of sp³-hybridized carbons (Fsp3) is 0.368. The van der Waals surface area contributed by atoms with E-state index in [9.17, 15) is 13.6 Å². The van der Waals surface area contributed by atoms with Crippen LogP contribution in [0.4, 0.5) is 8.78 Å². The molecule has 1 aromatic carbocycles. The Morgan fingerprint density at radius 2 is 1.96 bits per heavy atom. The quantitative estimate of drug-likeness (QED) is 0.681. The lowest BCUT2D eigenvalue weighted by atomic mass is 10.1. The first-order chi connectivity index (χ1) is 12.5. The van der Waals surface area contributed by atoms with Crippen molar-refractivity contribution in [3.05, 3.63) is 42.1 Å². The Morgan fingerprint density at radius 1 is 1.23 bits per heavy atom. The highest BCUT2D eigenvalue weighted by molar-refractivity contribution is 5.69. The Morgan fingerprint density at radius 3 is 2.62 bits per heavy atom. The molecule has 7 heteroatoms. The van der Waals surface area contributed by atoms with Crippen LogP contribution in [0.25, 0.3) is 11.1 Å². The van der Waals surface area contributed by atoms with Gasteiger partial charge in [0.05, 0.1) is 13.2 Å². The number of carbonyl (C=O) groups is 1. The van der Waals surface area contributed by atoms with Crippen LogP contribution in [0.1, 0.15) is 25.7 Å². The van der Waals surface area contributed by atoms with Crippen molar-refractivity contribution in [3.8, 4) is 22.8 Å². The first kappa shape index (κ1) is 18.1. The number of benzene rings is 1. The summed E-state index contributed by atoms with van der Waals surface area (Å²) in [6.07, 6.45) is 3.85. The summed E-state index contributed by atoms with van der Waals surface area (Å²) in [5.41, 5.74) is 0.806. The van der Waals surface area contributed by atoms with E-state index in [4.69, 9.17) is 14.6 Å². The largest absolute Gasteiger partial charge is 0.488 e. The van der Waals surface area contributed by atoms with Gasteiger partial charge >= 0.3 is 5.97 Å². The molecule has 0 bridgehead atoms. The first-order valence-electron chi connectivity index (χ1n) is 8.46. The molecule has 0 saturated heterocycles. The van der Waals surface area contributed by atoms with Gasteiger partial charge in [-0.2, -0.15) is 0 Å². The lowest BCUT2D eigenvalue weighted by molar-refractivity contribution is -0.137. The zero-order chi connectivity index (χ0) is 18.5. The highest BCUT2D eigenvalue weighted by atomic mass is 19.1. The minimum absolute atomic E-state index is 0.0812. The first-order valence-corrected chi connectivity index (χ1v) is 8.46. The molecule has 0 unspecified atom stereocenters. The van der Waals surface area contributed by atoms with Crippen molar-refractivity contribution in [2.75, 3.05) is 13.2 Å². The molecule has 0 spiro atoms. The predicted octanol–water partition coefficient (Wildman–Crippen LogP) is 4.06. The van der Waals surface area contributed by atoms with Crippen molar-refractivity contribution in [2.24, 2.45) is 5.92 Å². The van der Waals surface area contributed by atoms with Crippen LogP contribution in [-0.4, -0.2) is 29.3 Å². The topological polar surface area (TPSA) is 68.7 Å². The Hall–Kier alpha value is -2.70. The summed E-state index contributed by atoms with van der Waals surface area (Å²) < 4.78 is 39.3. The van der Waals surface area contributed by atoms with Crippen molar-refractivity contribution in [1.82, 2.24) is 4.98 Å². The number of hydrogen-bond acceptors (Lipinski definition) is 4. The van der Waals surface area contributed by atoms with Gasteiger partial charge in [0.1, 0.15) is 0 Å². The lowest BCUT2D eigenvalue weighted by Crippen LogP contribution is -2.05. The molecule has 1 saturated carbocycles. The molecule has 138 valence electrons. The van der Waals surface area contributed by atoms with Crippen LogP contribution >= 0.6 is 0 Å². The summed E-state index contributed by atoms with van der Waals surface area (Å²) in [7, 11) is 0. The fourth-order valence-electron chi connectivity index (χ4n) is 2.46. The fourth-order valence-corrected chi connectivity index (χ4v) is 2.46. The second-order valence-electron chi connectivity index (χ2n) is 6.23. The van der Waals surface area contributed by atoms with Crippen molar-refractivity contribution in [3.63, 3.8) is 0 Å². The third kappa shape index (κ3) is 4.68. The minimum Gasteiger partial charge on any atom is -0.488 e. The second kappa shape index (κ2) is 8.12. The maximum absolute atomic E-state index is 14.3. The molecule has 0 radical (unpaired) electrons. The normalized spacial score (nSPS) is 13.5. The molecule has 1 aliphatic rings. The zero-order valence-electron chi connectivity index (χ0n) is 14.1. The van der Waals surface area contributed by atoms with Crippen molar-refractivity contribution in [1.29, 1.82) is 0 Å². The predicted molar refractivity (Wildman–Crippen MR) is 90.2 cm³/mol. The van der Waals surface area contributed by atoms with Crippen molar-refractivity contribution >= 4 is 5.97 Å². The molecule has 1 heterocycles. The maximum Gasteiger partial charge on any atom is 0.303 e. The monoisotopic (exact) mass is 363 g/mol. The summed E-state index contributed by atoms with van der Waals surface area (Å²) >= 11 is 0. The summed E-state index contributed by atoms with van der Waals surface area (Å²) in [4.78, 5) is 14.6. The lowest BCUT2D eigenvalue weighted by Gasteiger charge is -2.12. The Balaban J connectivity index is 1.75. The molecule has 2 aromatic rings. The molecular formula is C19H19F2NO4. The van der Waals surface area contributed by atoms with E-state index >= 15 is 0 Å². The number of aromatic nitrogens is 1. The van der Waals surface area contributed by atoms with Crippen LogP contribution < -0.4 is 9.47 Å². The Kier molecular flexibility index (Phi) is 5.65. The Labute approximate surface area is 149 Å². The molecule has 1 fully saturated rings. The second-order valence-corrected chi connectivity index (χ2v) is 6.23. The van der Waals surface area contributed by atoms with E-state index < -0.39 is 23.4 Å². The molecule has 26 heavy (non-hydrogen) atoms. The molecular weight excluding hydrogens is 344 g/mol. The number of pyridine rings is 1. The van der Waals surface area contributed by atoms with Gasteiger partial charge in [0.25, 0.3) is 0 Å². The number of ether oxygens (including phenoxy) is 2. The number of aliphatic carboxylic acids is 1. The summed E-state index contributed by atoms with van der Waals surface area (Å²) in [6.45, 7) is 0.460. The number of carboxylic acids is 1. The average Bonchev–Trinajstić information content (AvgIpc) is 3.43. The highest BCUT2D eigenvalue weighted by Crippen LogP contribution is 2.35. The van der Waals surface area contributed by atoms with Crippen LogP contribution in [0, 0.1) is 17.6 Å². The van der Waals surface area contributed by atoms with Gasteiger partial charge in [-0.05, 0) is 55.0 Å². The van der Waals surface area contributed by atoms with Crippen LogP contribution in [0.2, 0.25) is 0 Å². The summed E-state index contributed by atoms with van der Waals surface area (Å²) in [6, 6.07) is 5.69. The van der Waals surface area contributed by atoms with Gasteiger partial charge in [-0.1, -0.05) is 0 Å². The molecule has 1 aliphatic carbocycles. The van der Waals surface area contributed by atoms with E-state index in [-0.39, 0.29) is 19.4 Å². The number of rotatable bonds is 9. The molecule has 3 rings (SSSR count). The minimum atomic E-state index is -0.986. The van der Waals surface area contributed by atoms with Gasteiger partial charge < -0.3 is 14.6 Å². The molecule has 1 aromatic heterocycles. The number of hydrogen-bond donors (Lipinski definition) is 1. The number of carboxylic acid groups (broad SMARTS) is 1. The smallest absolute Gasteiger partial charge is 0.303 e. The van der Waals surface area contributed by atoms with Gasteiger partial charge in [0.2, 0.25) is 5.88 Å². The van der Waals surface area contributed by atoms with E-state index in [1.807, 2.05) is 0 Å². The molecule has 0 atom stereocenters. The van der Waals surface area contributed by atoms with Gasteiger partial charge in [-0.15, -0.1) is 0 Å². The van der Waals surface area contributed by atoms with E-state index in [0.29, 0.717) is 29.5 Å². The van der Waals surface area contributed by atoms with Crippen LogP contribution in [-0.2, 0) is 4.79 Å². The van der Waals surface area contributed by atoms with Crippen molar-refractivity contribution in [2.45, 2.75) is 25.7 Å². The standard InChI is InChI=1S/C19H19F2NO4/c20-15-9-13(10-16(21)18(15)25-8-2-4-17(23)24)14-3-1-7-22-19(14)26-11-12-5-6-12/h1,3,7,9-10,12H,2,4-6,8,11H2,(H,23,24). The van der Waals surface area contributed by atoms with Crippen LogP contribution in [0.5, 0.6) is 11.6 Å². The average molecular weight is 363 g/mol. The molecule has 1 N–H and O–H groups in total. The summed E-state index contributed by atoms with van der Waals surface area (Å²) in [5.74, 6) is -2.34. The van der Waals surface area contributed by atoms with Crippen LogP contribution in [0.3, 0.4) is 0 Å². The molecule has 0 amide bonds. The van der Waals surface area contributed by atoms with Gasteiger partial charge in [0, 0.05) is 18.2 Å². The van der Waals surface area contributed by atoms with Gasteiger partial charge in [-0.25, -0.2) is 13.8 Å². The Bertz CT molecular complexity index is 770. The third-order valence-corrected chi connectivity index (χ3v) is 4.01. The van der Waals surface area contributed by atoms with E-state index in [1.165, 1.54) is 0 Å². The number of halogens is 2. The SMILES string of the molecule is O=C(O)CCCOc1c(F)cc(-c2cccnc2OCC2CC2)cc1F. The molecule has 0 aliphatic heterocycles. The number of nitrogens with zero attached hydrogens (tertiary/aromatic N) is 1. The molecule has 5 nitrogen and oxygen atoms in total. The van der Waals surface area contributed by atoms with Crippen LogP contribution in [0.15, 0.2) is 30.5 Å².